The van der Waals surface area contributed by atoms with Crippen molar-refractivity contribution in [2.75, 3.05) is 31.7 Å². The van der Waals surface area contributed by atoms with Gasteiger partial charge in [0.15, 0.2) is 11.6 Å². The number of esters is 1. The highest BCUT2D eigenvalue weighted by Gasteiger charge is 2.16. The number of anilines is 1. The van der Waals surface area contributed by atoms with Gasteiger partial charge < -0.3 is 14.4 Å². The van der Waals surface area contributed by atoms with Crippen LogP contribution in [0.5, 0.6) is 5.75 Å². The first-order valence-electron chi connectivity index (χ1n) is 6.62. The minimum absolute atomic E-state index is 0.184. The van der Waals surface area contributed by atoms with E-state index in [1.165, 1.54) is 7.11 Å². The number of methoxy groups -OCH3 is 1. The molecule has 5 heteroatoms. The van der Waals surface area contributed by atoms with Crippen LogP contribution >= 0.6 is 0 Å². The molecule has 19 heavy (non-hydrogen) atoms. The zero-order chi connectivity index (χ0) is 14.1. The molecule has 106 valence electrons. The lowest BCUT2D eigenvalue weighted by Gasteiger charge is -2.23. The maximum absolute atomic E-state index is 11.5. The Hall–Kier alpha value is -1.78. The highest BCUT2D eigenvalue weighted by Crippen LogP contribution is 2.25. The van der Waals surface area contributed by atoms with Gasteiger partial charge in [0.2, 0.25) is 0 Å². The van der Waals surface area contributed by atoms with Gasteiger partial charge in [0.25, 0.3) is 0 Å². The number of aromatic nitrogens is 1. The van der Waals surface area contributed by atoms with Gasteiger partial charge in [-0.15, -0.1) is 0 Å². The van der Waals surface area contributed by atoms with Crippen molar-refractivity contribution in [2.24, 2.45) is 0 Å². The van der Waals surface area contributed by atoms with Crippen molar-refractivity contribution in [3.05, 3.63) is 18.3 Å². The molecular weight excluding hydrogens is 244 g/mol. The molecule has 5 nitrogen and oxygen atoms in total. The van der Waals surface area contributed by atoms with Crippen molar-refractivity contribution in [1.29, 1.82) is 0 Å². The molecule has 0 saturated carbocycles. The van der Waals surface area contributed by atoms with E-state index in [1.807, 2.05) is 24.0 Å². The molecule has 0 unspecified atom stereocenters. The molecule has 1 aromatic heterocycles. The molecule has 0 saturated heterocycles. The topological polar surface area (TPSA) is 51.7 Å². The average Bonchev–Trinajstić information content (AvgIpc) is 2.44. The number of ether oxygens (including phenoxy) is 2. The summed E-state index contributed by atoms with van der Waals surface area (Å²) in [5.41, 5.74) is 0. The van der Waals surface area contributed by atoms with Crippen LogP contribution in [0.1, 0.15) is 26.7 Å². The zero-order valence-electron chi connectivity index (χ0n) is 11.9. The van der Waals surface area contributed by atoms with Gasteiger partial charge in [0, 0.05) is 12.7 Å². The van der Waals surface area contributed by atoms with Crippen LogP contribution in [0.3, 0.4) is 0 Å². The van der Waals surface area contributed by atoms with Crippen molar-refractivity contribution in [3.63, 3.8) is 0 Å². The van der Waals surface area contributed by atoms with Crippen molar-refractivity contribution in [1.82, 2.24) is 4.98 Å². The van der Waals surface area contributed by atoms with E-state index < -0.39 is 0 Å². The number of rotatable bonds is 8. The second kappa shape index (κ2) is 8.34. The maximum atomic E-state index is 11.5. The number of hydrogen-bond acceptors (Lipinski definition) is 5. The highest BCUT2D eigenvalue weighted by atomic mass is 16.5. The second-order valence-electron chi connectivity index (χ2n) is 4.17. The lowest BCUT2D eigenvalue weighted by atomic mass is 10.3. The number of carbonyl (C=O) groups is 1. The molecule has 0 N–H and O–H groups in total. The molecule has 0 spiro atoms. The monoisotopic (exact) mass is 266 g/mol. The summed E-state index contributed by atoms with van der Waals surface area (Å²) in [4.78, 5) is 17.7. The largest absolute Gasteiger partial charge is 0.490 e. The first-order chi connectivity index (χ1) is 9.22. The summed E-state index contributed by atoms with van der Waals surface area (Å²) in [5, 5.41) is 0. The summed E-state index contributed by atoms with van der Waals surface area (Å²) in [6.07, 6.45) is 3.55. The molecule has 0 amide bonds. The van der Waals surface area contributed by atoms with E-state index in [4.69, 9.17) is 9.47 Å². The Morgan fingerprint density at radius 2 is 2.16 bits per heavy atom. The van der Waals surface area contributed by atoms with Gasteiger partial charge in [-0.25, -0.2) is 4.98 Å². The van der Waals surface area contributed by atoms with E-state index >= 15 is 0 Å². The molecule has 0 bridgehead atoms. The fourth-order valence-electron chi connectivity index (χ4n) is 1.69. The van der Waals surface area contributed by atoms with Crippen LogP contribution in [0.2, 0.25) is 0 Å². The third-order valence-electron chi connectivity index (χ3n) is 2.55. The lowest BCUT2D eigenvalue weighted by molar-refractivity contribution is -0.138. The van der Waals surface area contributed by atoms with Gasteiger partial charge in [-0.05, 0) is 25.0 Å². The summed E-state index contributed by atoms with van der Waals surface area (Å²) in [6.45, 7) is 5.66. The zero-order valence-corrected chi connectivity index (χ0v) is 11.9. The minimum Gasteiger partial charge on any atom is -0.490 e. The molecule has 1 rings (SSSR count). The predicted molar refractivity (Wildman–Crippen MR) is 74.5 cm³/mol. The molecule has 0 radical (unpaired) electrons. The Morgan fingerprint density at radius 1 is 1.37 bits per heavy atom. The molecular formula is C14H22N2O3. The van der Waals surface area contributed by atoms with Crippen molar-refractivity contribution < 1.29 is 14.3 Å². The molecule has 1 aromatic rings. The molecule has 0 atom stereocenters. The lowest BCUT2D eigenvalue weighted by Crippen LogP contribution is -2.32. The van der Waals surface area contributed by atoms with E-state index in [2.05, 4.69) is 11.9 Å². The molecule has 0 aromatic carbocycles. The fraction of sp³-hybridized carbons (Fsp3) is 0.571. The van der Waals surface area contributed by atoms with Gasteiger partial charge >= 0.3 is 5.97 Å². The van der Waals surface area contributed by atoms with Gasteiger partial charge in [-0.3, -0.25) is 4.79 Å². The van der Waals surface area contributed by atoms with Crippen LogP contribution in [-0.2, 0) is 9.53 Å². The van der Waals surface area contributed by atoms with Crippen LogP contribution in [0.4, 0.5) is 5.82 Å². The smallest absolute Gasteiger partial charge is 0.325 e. The van der Waals surface area contributed by atoms with E-state index in [-0.39, 0.29) is 12.5 Å². The summed E-state index contributed by atoms with van der Waals surface area (Å²) >= 11 is 0. The molecule has 1 heterocycles. The third-order valence-corrected chi connectivity index (χ3v) is 2.55. The second-order valence-corrected chi connectivity index (χ2v) is 4.17. The Balaban J connectivity index is 2.90. The number of hydrogen-bond donors (Lipinski definition) is 0. The maximum Gasteiger partial charge on any atom is 0.325 e. The summed E-state index contributed by atoms with van der Waals surface area (Å²) in [5.74, 6) is 1.13. The Labute approximate surface area is 114 Å². The minimum atomic E-state index is -0.277. The normalized spacial score (nSPS) is 10.1. The SMILES string of the molecule is CCCOc1cccnc1N(CCC)CC(=O)OC. The van der Waals surface area contributed by atoms with Gasteiger partial charge in [0.1, 0.15) is 6.54 Å². The number of nitrogens with zero attached hydrogens (tertiary/aromatic N) is 2. The van der Waals surface area contributed by atoms with Gasteiger partial charge in [-0.1, -0.05) is 13.8 Å². The Morgan fingerprint density at radius 3 is 2.79 bits per heavy atom. The summed E-state index contributed by atoms with van der Waals surface area (Å²) in [7, 11) is 1.39. The number of pyridine rings is 1. The highest BCUT2D eigenvalue weighted by molar-refractivity contribution is 5.76. The van der Waals surface area contributed by atoms with Crippen molar-refractivity contribution in [2.45, 2.75) is 26.7 Å². The number of carbonyl (C=O) groups excluding carboxylic acids is 1. The van der Waals surface area contributed by atoms with Crippen LogP contribution < -0.4 is 9.64 Å². The molecule has 0 fully saturated rings. The van der Waals surface area contributed by atoms with Crippen LogP contribution in [0, 0.1) is 0 Å². The van der Waals surface area contributed by atoms with E-state index in [0.29, 0.717) is 18.2 Å². The van der Waals surface area contributed by atoms with E-state index in [9.17, 15) is 4.79 Å². The van der Waals surface area contributed by atoms with E-state index in [0.717, 1.165) is 19.4 Å². The van der Waals surface area contributed by atoms with Crippen molar-refractivity contribution in [3.8, 4) is 5.75 Å². The molecule has 0 aliphatic carbocycles. The first-order valence-corrected chi connectivity index (χ1v) is 6.62. The summed E-state index contributed by atoms with van der Waals surface area (Å²) in [6, 6.07) is 3.70. The Kier molecular flexibility index (Phi) is 6.71. The molecule has 0 aliphatic rings. The van der Waals surface area contributed by atoms with Gasteiger partial charge in [0.05, 0.1) is 13.7 Å². The fourth-order valence-corrected chi connectivity index (χ4v) is 1.69. The van der Waals surface area contributed by atoms with Crippen LogP contribution in [-0.4, -0.2) is 37.8 Å². The third kappa shape index (κ3) is 4.77. The average molecular weight is 266 g/mol. The Bertz CT molecular complexity index is 396. The standard InChI is InChI=1S/C14H22N2O3/c1-4-9-16(11-13(17)18-3)14-12(19-10-5-2)7-6-8-15-14/h6-8H,4-5,9-11H2,1-3H3. The van der Waals surface area contributed by atoms with Crippen LogP contribution in [0.15, 0.2) is 18.3 Å². The predicted octanol–water partition coefficient (Wildman–Crippen LogP) is 2.26. The summed E-state index contributed by atoms with van der Waals surface area (Å²) < 4.78 is 10.4. The first kappa shape index (κ1) is 15.3. The molecule has 0 aliphatic heterocycles. The quantitative estimate of drug-likeness (QED) is 0.675. The van der Waals surface area contributed by atoms with Gasteiger partial charge in [-0.2, -0.15) is 0 Å². The van der Waals surface area contributed by atoms with E-state index in [1.54, 1.807) is 6.20 Å². The van der Waals surface area contributed by atoms with Crippen molar-refractivity contribution >= 4 is 11.8 Å². The van der Waals surface area contributed by atoms with Crippen LogP contribution in [0.25, 0.3) is 0 Å².